The first-order chi connectivity index (χ1) is 5.38. The topological polar surface area (TPSA) is 33.0 Å². The van der Waals surface area contributed by atoms with Crippen LogP contribution in [-0.4, -0.2) is 6.61 Å². The van der Waals surface area contributed by atoms with Crippen LogP contribution in [0.4, 0.5) is 0 Å². The fourth-order valence-electron chi connectivity index (χ4n) is 0.773. The third-order valence-corrected chi connectivity index (χ3v) is 1.23. The van der Waals surface area contributed by atoms with Gasteiger partial charge in [0.15, 0.2) is 0 Å². The predicted molar refractivity (Wildman–Crippen MR) is 41.2 cm³/mol. The maximum Gasteiger partial charge on any atom is 0.144 e. The van der Waals surface area contributed by atoms with E-state index in [-0.39, 0.29) is 0 Å². The minimum atomic E-state index is 0.536. The molecule has 0 fully saturated rings. The van der Waals surface area contributed by atoms with Crippen LogP contribution in [0.25, 0.3) is 0 Å². The Bertz CT molecular complexity index is 275. The summed E-state index contributed by atoms with van der Waals surface area (Å²) in [7, 11) is 0. The van der Waals surface area contributed by atoms with Gasteiger partial charge in [0, 0.05) is 6.07 Å². The second-order valence-electron chi connectivity index (χ2n) is 1.96. The molecule has 0 saturated carbocycles. The van der Waals surface area contributed by atoms with Crippen molar-refractivity contribution in [3.63, 3.8) is 0 Å². The Morgan fingerprint density at radius 1 is 1.73 bits per heavy atom. The predicted octanol–water partition coefficient (Wildman–Crippen LogP) is 1.76. The van der Waals surface area contributed by atoms with Crippen molar-refractivity contribution in [2.75, 3.05) is 6.61 Å². The zero-order chi connectivity index (χ0) is 8.10. The highest BCUT2D eigenvalue weighted by atomic mass is 16.5. The van der Waals surface area contributed by atoms with Crippen LogP contribution in [0.15, 0.2) is 18.2 Å². The average Bonchev–Trinajstić information content (AvgIpc) is 2.06. The van der Waals surface area contributed by atoms with Gasteiger partial charge in [0.1, 0.15) is 11.8 Å². The Morgan fingerprint density at radius 3 is 3.18 bits per heavy atom. The summed E-state index contributed by atoms with van der Waals surface area (Å²) in [5.41, 5.74) is 0.536. The minimum Gasteiger partial charge on any atom is -0.492 e. The number of hydrogen-bond acceptors (Lipinski definition) is 2. The molecule has 0 saturated heterocycles. The van der Waals surface area contributed by atoms with Crippen molar-refractivity contribution < 1.29 is 4.74 Å². The summed E-state index contributed by atoms with van der Waals surface area (Å²) in [5.74, 6) is 0.539. The molecule has 1 rings (SSSR count). The summed E-state index contributed by atoms with van der Waals surface area (Å²) < 4.78 is 5.15. The van der Waals surface area contributed by atoms with Crippen LogP contribution in [0.2, 0.25) is 0 Å². The molecule has 0 atom stereocenters. The summed E-state index contributed by atoms with van der Waals surface area (Å²) in [6, 6.07) is 10.1. The molecule has 0 N–H and O–H groups in total. The molecule has 0 spiro atoms. The van der Waals surface area contributed by atoms with Crippen LogP contribution in [-0.2, 0) is 0 Å². The molecule has 0 aliphatic heterocycles. The summed E-state index contributed by atoms with van der Waals surface area (Å²) in [6.07, 6.45) is 0. The van der Waals surface area contributed by atoms with Crippen LogP contribution in [0.1, 0.15) is 12.5 Å². The number of nitrogens with zero attached hydrogens (tertiary/aromatic N) is 1. The van der Waals surface area contributed by atoms with Crippen LogP contribution in [0, 0.1) is 17.4 Å². The van der Waals surface area contributed by atoms with Crippen LogP contribution in [0.3, 0.4) is 0 Å². The molecule has 2 heteroatoms. The molecule has 0 heterocycles. The first-order valence-corrected chi connectivity index (χ1v) is 3.42. The van der Waals surface area contributed by atoms with Crippen molar-refractivity contribution in [3.05, 3.63) is 29.8 Å². The van der Waals surface area contributed by atoms with E-state index < -0.39 is 0 Å². The minimum absolute atomic E-state index is 0.536. The number of benzene rings is 1. The smallest absolute Gasteiger partial charge is 0.144 e. The Labute approximate surface area is 66.0 Å². The van der Waals surface area contributed by atoms with E-state index in [2.05, 4.69) is 6.07 Å². The molecular formula is C9H8NO. The molecule has 0 aromatic heterocycles. The fourth-order valence-corrected chi connectivity index (χ4v) is 0.773. The molecule has 0 amide bonds. The molecular weight excluding hydrogens is 138 g/mol. The number of ether oxygens (including phenoxy) is 1. The zero-order valence-corrected chi connectivity index (χ0v) is 6.29. The van der Waals surface area contributed by atoms with E-state index in [0.717, 1.165) is 0 Å². The SMILES string of the molecule is CCOc1[c]cccc1C#N. The largest absolute Gasteiger partial charge is 0.492 e. The lowest BCUT2D eigenvalue weighted by molar-refractivity contribution is 0.338. The second kappa shape index (κ2) is 3.62. The molecule has 1 radical (unpaired) electrons. The number of para-hydroxylation sites is 1. The maximum atomic E-state index is 8.60. The van der Waals surface area contributed by atoms with Crippen molar-refractivity contribution in [3.8, 4) is 11.8 Å². The lowest BCUT2D eigenvalue weighted by Crippen LogP contribution is -1.93. The zero-order valence-electron chi connectivity index (χ0n) is 6.29. The van der Waals surface area contributed by atoms with Gasteiger partial charge in [-0.15, -0.1) is 0 Å². The molecule has 11 heavy (non-hydrogen) atoms. The molecule has 0 aliphatic carbocycles. The molecule has 2 nitrogen and oxygen atoms in total. The van der Waals surface area contributed by atoms with E-state index in [4.69, 9.17) is 10.00 Å². The highest BCUT2D eigenvalue weighted by molar-refractivity contribution is 5.41. The van der Waals surface area contributed by atoms with Gasteiger partial charge in [-0.05, 0) is 13.0 Å². The molecule has 0 aliphatic rings. The maximum absolute atomic E-state index is 8.60. The Morgan fingerprint density at radius 2 is 2.55 bits per heavy atom. The molecule has 1 aromatic rings. The van der Waals surface area contributed by atoms with Crippen LogP contribution in [0.5, 0.6) is 5.75 Å². The third kappa shape index (κ3) is 1.71. The highest BCUT2D eigenvalue weighted by Gasteiger charge is 1.98. The van der Waals surface area contributed by atoms with Gasteiger partial charge >= 0.3 is 0 Å². The van der Waals surface area contributed by atoms with Crippen molar-refractivity contribution in [1.82, 2.24) is 0 Å². The first-order valence-electron chi connectivity index (χ1n) is 3.42. The standard InChI is InChI=1S/C9H8NO/c1-2-11-9-6-4-3-5-8(9)7-10/h3-5H,2H2,1H3. The summed E-state index contributed by atoms with van der Waals surface area (Å²) in [4.78, 5) is 0. The van der Waals surface area contributed by atoms with Gasteiger partial charge < -0.3 is 4.74 Å². The van der Waals surface area contributed by atoms with E-state index in [1.807, 2.05) is 13.0 Å². The van der Waals surface area contributed by atoms with E-state index in [1.54, 1.807) is 18.2 Å². The fraction of sp³-hybridized carbons (Fsp3) is 0.222. The Kier molecular flexibility index (Phi) is 2.51. The van der Waals surface area contributed by atoms with Gasteiger partial charge in [-0.2, -0.15) is 5.26 Å². The number of hydrogen-bond donors (Lipinski definition) is 0. The van der Waals surface area contributed by atoms with Gasteiger partial charge in [-0.25, -0.2) is 0 Å². The van der Waals surface area contributed by atoms with Gasteiger partial charge in [-0.1, -0.05) is 12.1 Å². The van der Waals surface area contributed by atoms with Gasteiger partial charge in [-0.3, -0.25) is 0 Å². The van der Waals surface area contributed by atoms with E-state index in [1.165, 1.54) is 0 Å². The van der Waals surface area contributed by atoms with Crippen molar-refractivity contribution >= 4 is 0 Å². The first kappa shape index (κ1) is 7.62. The van der Waals surface area contributed by atoms with Gasteiger partial charge in [0.25, 0.3) is 0 Å². The summed E-state index contributed by atoms with van der Waals surface area (Å²) in [5, 5.41) is 8.60. The average molecular weight is 146 g/mol. The van der Waals surface area contributed by atoms with Crippen LogP contribution < -0.4 is 4.74 Å². The lowest BCUT2D eigenvalue weighted by Gasteiger charge is -2.02. The van der Waals surface area contributed by atoms with Crippen molar-refractivity contribution in [1.29, 1.82) is 5.26 Å². The van der Waals surface area contributed by atoms with Crippen molar-refractivity contribution in [2.45, 2.75) is 6.92 Å². The monoisotopic (exact) mass is 146 g/mol. The normalized spacial score (nSPS) is 8.73. The van der Waals surface area contributed by atoms with E-state index >= 15 is 0 Å². The van der Waals surface area contributed by atoms with E-state index in [0.29, 0.717) is 17.9 Å². The van der Waals surface area contributed by atoms with Gasteiger partial charge in [0.2, 0.25) is 0 Å². The lowest BCUT2D eigenvalue weighted by atomic mass is 10.2. The van der Waals surface area contributed by atoms with Gasteiger partial charge in [0.05, 0.1) is 12.2 Å². The Hall–Kier alpha value is -1.49. The Balaban J connectivity index is 2.95. The number of rotatable bonds is 2. The highest BCUT2D eigenvalue weighted by Crippen LogP contribution is 2.14. The second-order valence-corrected chi connectivity index (χ2v) is 1.96. The number of nitriles is 1. The molecule has 1 aromatic carbocycles. The summed E-state index contributed by atoms with van der Waals surface area (Å²) in [6.45, 7) is 2.44. The third-order valence-electron chi connectivity index (χ3n) is 1.23. The van der Waals surface area contributed by atoms with Crippen molar-refractivity contribution in [2.24, 2.45) is 0 Å². The van der Waals surface area contributed by atoms with E-state index in [9.17, 15) is 0 Å². The quantitative estimate of drug-likeness (QED) is 0.636. The molecule has 0 bridgehead atoms. The molecule has 0 unspecified atom stereocenters. The summed E-state index contributed by atoms with van der Waals surface area (Å²) >= 11 is 0. The van der Waals surface area contributed by atoms with Crippen LogP contribution >= 0.6 is 0 Å². The molecule has 55 valence electrons.